The first-order chi connectivity index (χ1) is 6.81. The van der Waals surface area contributed by atoms with Crippen LogP contribution in [0.4, 0.5) is 0 Å². The molecule has 0 aliphatic heterocycles. The second-order valence-corrected chi connectivity index (χ2v) is 3.85. The quantitative estimate of drug-likeness (QED) is 0.744. The summed E-state index contributed by atoms with van der Waals surface area (Å²) in [6.07, 6.45) is 3.38. The summed E-state index contributed by atoms with van der Waals surface area (Å²) in [4.78, 5) is 8.48. The van der Waals surface area contributed by atoms with Crippen molar-refractivity contribution < 1.29 is 0 Å². The van der Waals surface area contributed by atoms with Crippen LogP contribution in [0.25, 0.3) is 10.6 Å². The molecule has 3 nitrogen and oxygen atoms in total. The van der Waals surface area contributed by atoms with Gasteiger partial charge in [-0.05, 0) is 12.1 Å². The highest BCUT2D eigenvalue weighted by molar-refractivity contribution is 7.16. The summed E-state index contributed by atoms with van der Waals surface area (Å²) in [5.41, 5.74) is 0.876. The van der Waals surface area contributed by atoms with Crippen molar-refractivity contribution in [2.45, 2.75) is 0 Å². The lowest BCUT2D eigenvalue weighted by Gasteiger charge is -1.91. The van der Waals surface area contributed by atoms with Crippen LogP contribution in [-0.4, -0.2) is 9.97 Å². The lowest BCUT2D eigenvalue weighted by molar-refractivity contribution is 1.31. The number of hydrogen-bond acceptors (Lipinski definition) is 4. The number of rotatable bonds is 1. The second kappa shape index (κ2) is 3.74. The van der Waals surface area contributed by atoms with Crippen molar-refractivity contribution in [3.63, 3.8) is 0 Å². The van der Waals surface area contributed by atoms with Crippen LogP contribution in [0.5, 0.6) is 0 Å². The van der Waals surface area contributed by atoms with Gasteiger partial charge < -0.3 is 0 Å². The molecule has 0 saturated carbocycles. The summed E-state index contributed by atoms with van der Waals surface area (Å²) in [5.74, 6) is 0. The van der Waals surface area contributed by atoms with Crippen molar-refractivity contribution in [1.82, 2.24) is 9.97 Å². The number of hydrogen-bond donors (Lipinski definition) is 0. The van der Waals surface area contributed by atoms with Crippen molar-refractivity contribution >= 4 is 22.9 Å². The highest BCUT2D eigenvalue weighted by Gasteiger charge is 2.09. The number of pyridine rings is 1. The van der Waals surface area contributed by atoms with Crippen molar-refractivity contribution in [3.8, 4) is 16.6 Å². The van der Waals surface area contributed by atoms with E-state index >= 15 is 0 Å². The summed E-state index contributed by atoms with van der Waals surface area (Å²) in [6.45, 7) is 0. The van der Waals surface area contributed by atoms with Gasteiger partial charge in [0.05, 0.1) is 0 Å². The Morgan fingerprint density at radius 2 is 2.36 bits per heavy atom. The van der Waals surface area contributed by atoms with Crippen LogP contribution >= 0.6 is 22.9 Å². The largest absolute Gasteiger partial charge is 0.264 e. The number of aromatic nitrogens is 2. The first kappa shape index (κ1) is 9.13. The molecule has 2 aromatic rings. The van der Waals surface area contributed by atoms with E-state index in [2.05, 4.69) is 9.97 Å². The van der Waals surface area contributed by atoms with E-state index in [1.54, 1.807) is 12.4 Å². The molecule has 2 rings (SSSR count). The molecular formula is C9H4ClN3S. The molecule has 0 aliphatic rings. The number of nitrogens with zero attached hydrogens (tertiary/aromatic N) is 3. The molecule has 0 spiro atoms. The van der Waals surface area contributed by atoms with E-state index < -0.39 is 0 Å². The van der Waals surface area contributed by atoms with Crippen LogP contribution in [-0.2, 0) is 0 Å². The molecule has 0 aromatic carbocycles. The van der Waals surface area contributed by atoms with E-state index in [1.165, 1.54) is 11.3 Å². The van der Waals surface area contributed by atoms with Crippen molar-refractivity contribution in [3.05, 3.63) is 34.6 Å². The number of thiazole rings is 1. The van der Waals surface area contributed by atoms with E-state index in [1.807, 2.05) is 18.2 Å². The molecule has 14 heavy (non-hydrogen) atoms. The first-order valence-corrected chi connectivity index (χ1v) is 4.97. The standard InChI is InChI=1S/C9H4ClN3S/c10-8-7(4-11)14-9(13-8)6-2-1-3-12-5-6/h1-3,5H. The van der Waals surface area contributed by atoms with Crippen molar-refractivity contribution in [1.29, 1.82) is 5.26 Å². The average molecular weight is 222 g/mol. The number of nitriles is 1. The molecule has 5 heteroatoms. The molecule has 0 N–H and O–H groups in total. The van der Waals surface area contributed by atoms with Gasteiger partial charge in [0.15, 0.2) is 5.15 Å². The molecule has 2 aromatic heterocycles. The third-order valence-corrected chi connectivity index (χ3v) is 2.99. The monoisotopic (exact) mass is 221 g/mol. The average Bonchev–Trinajstić information content (AvgIpc) is 2.61. The maximum Gasteiger partial charge on any atom is 0.158 e. The minimum absolute atomic E-state index is 0.261. The van der Waals surface area contributed by atoms with Crippen LogP contribution in [0.3, 0.4) is 0 Å². The van der Waals surface area contributed by atoms with E-state index in [0.717, 1.165) is 10.6 Å². The Morgan fingerprint density at radius 1 is 1.50 bits per heavy atom. The van der Waals surface area contributed by atoms with Crippen LogP contribution in [0.1, 0.15) is 4.88 Å². The summed E-state index contributed by atoms with van der Waals surface area (Å²) in [5, 5.41) is 9.68. The van der Waals surface area contributed by atoms with Gasteiger partial charge in [0.2, 0.25) is 0 Å². The molecule has 0 bridgehead atoms. The highest BCUT2D eigenvalue weighted by atomic mass is 35.5. The van der Waals surface area contributed by atoms with E-state index in [9.17, 15) is 0 Å². The first-order valence-electron chi connectivity index (χ1n) is 3.78. The van der Waals surface area contributed by atoms with E-state index in [4.69, 9.17) is 16.9 Å². The Morgan fingerprint density at radius 3 is 2.93 bits per heavy atom. The van der Waals surface area contributed by atoms with Crippen LogP contribution < -0.4 is 0 Å². The Bertz CT molecular complexity index is 487. The van der Waals surface area contributed by atoms with Gasteiger partial charge in [-0.3, -0.25) is 4.98 Å². The molecule has 0 fully saturated rings. The van der Waals surface area contributed by atoms with Gasteiger partial charge in [-0.1, -0.05) is 11.6 Å². The highest BCUT2D eigenvalue weighted by Crippen LogP contribution is 2.29. The van der Waals surface area contributed by atoms with E-state index in [-0.39, 0.29) is 5.15 Å². The summed E-state index contributed by atoms with van der Waals surface area (Å²) < 4.78 is 0. The zero-order valence-corrected chi connectivity index (χ0v) is 8.51. The molecule has 0 unspecified atom stereocenters. The van der Waals surface area contributed by atoms with Gasteiger partial charge in [-0.15, -0.1) is 11.3 Å². The summed E-state index contributed by atoms with van der Waals surface area (Å²) in [6, 6.07) is 5.68. The zero-order chi connectivity index (χ0) is 9.97. The second-order valence-electron chi connectivity index (χ2n) is 2.49. The fraction of sp³-hybridized carbons (Fsp3) is 0. The van der Waals surface area contributed by atoms with Gasteiger partial charge in [-0.25, -0.2) is 4.98 Å². The molecule has 0 atom stereocenters. The molecule has 0 amide bonds. The maximum atomic E-state index is 8.70. The minimum atomic E-state index is 0.261. The molecule has 0 aliphatic carbocycles. The van der Waals surface area contributed by atoms with Crippen LogP contribution in [0, 0.1) is 11.3 Å². The van der Waals surface area contributed by atoms with Crippen LogP contribution in [0.15, 0.2) is 24.5 Å². The minimum Gasteiger partial charge on any atom is -0.264 e. The molecule has 68 valence electrons. The van der Waals surface area contributed by atoms with Crippen molar-refractivity contribution in [2.24, 2.45) is 0 Å². The normalized spacial score (nSPS) is 9.71. The summed E-state index contributed by atoms with van der Waals surface area (Å²) in [7, 11) is 0. The van der Waals surface area contributed by atoms with Crippen LogP contribution in [0.2, 0.25) is 5.15 Å². The van der Waals surface area contributed by atoms with E-state index in [0.29, 0.717) is 4.88 Å². The Hall–Kier alpha value is -1.44. The molecular weight excluding hydrogens is 218 g/mol. The zero-order valence-electron chi connectivity index (χ0n) is 6.94. The third kappa shape index (κ3) is 1.60. The fourth-order valence-electron chi connectivity index (χ4n) is 0.983. The SMILES string of the molecule is N#Cc1sc(-c2cccnc2)nc1Cl. The smallest absolute Gasteiger partial charge is 0.158 e. The maximum absolute atomic E-state index is 8.70. The summed E-state index contributed by atoms with van der Waals surface area (Å²) >= 11 is 7.02. The van der Waals surface area contributed by atoms with Gasteiger partial charge in [0.25, 0.3) is 0 Å². The van der Waals surface area contributed by atoms with Gasteiger partial charge in [-0.2, -0.15) is 5.26 Å². The van der Waals surface area contributed by atoms with Crippen molar-refractivity contribution in [2.75, 3.05) is 0 Å². The topological polar surface area (TPSA) is 49.6 Å². The Kier molecular flexibility index (Phi) is 2.44. The number of halogens is 1. The predicted molar refractivity (Wildman–Crippen MR) is 55.1 cm³/mol. The lowest BCUT2D eigenvalue weighted by atomic mass is 10.3. The van der Waals surface area contributed by atoms with Gasteiger partial charge in [0.1, 0.15) is 16.0 Å². The Balaban J connectivity index is 2.50. The molecule has 0 saturated heterocycles. The molecule has 2 heterocycles. The third-order valence-electron chi connectivity index (χ3n) is 1.60. The molecule has 0 radical (unpaired) electrons. The fourth-order valence-corrected chi connectivity index (χ4v) is 2.02. The van der Waals surface area contributed by atoms with Gasteiger partial charge in [0, 0.05) is 18.0 Å². The Labute approximate surface area is 89.6 Å². The predicted octanol–water partition coefficient (Wildman–Crippen LogP) is 2.73. The van der Waals surface area contributed by atoms with Gasteiger partial charge >= 0.3 is 0 Å². The lowest BCUT2D eigenvalue weighted by Crippen LogP contribution is -1.76.